The quantitative estimate of drug-likeness (QED) is 0.503. The van der Waals surface area contributed by atoms with E-state index in [4.69, 9.17) is 5.11 Å². The Morgan fingerprint density at radius 3 is 2.88 bits per heavy atom. The minimum Gasteiger partial charge on any atom is -0.478 e. The molecule has 7 nitrogen and oxygen atoms in total. The Labute approximate surface area is 161 Å². The molecule has 4 rings (SSSR count). The zero-order valence-corrected chi connectivity index (χ0v) is 15.8. The summed E-state index contributed by atoms with van der Waals surface area (Å²) in [6.07, 6.45) is 0. The number of rotatable bonds is 4. The number of nitrogens with zero attached hydrogens (tertiary/aromatic N) is 5. The number of thiol groups is 1. The topological polar surface area (TPSA) is 93.8 Å². The van der Waals surface area contributed by atoms with Crippen LogP contribution < -0.4 is 0 Å². The molecule has 0 spiro atoms. The van der Waals surface area contributed by atoms with Crippen LogP contribution in [0.3, 0.4) is 0 Å². The Morgan fingerprint density at radius 1 is 1.27 bits per heavy atom. The number of benzene rings is 2. The van der Waals surface area contributed by atoms with Gasteiger partial charge >= 0.3 is 5.97 Å². The Balaban J connectivity index is 1.69. The molecular weight excluding hydrogens is 390 g/mol. The van der Waals surface area contributed by atoms with Crippen molar-refractivity contribution in [1.29, 1.82) is 0 Å². The molecule has 0 radical (unpaired) electrons. The fourth-order valence-electron chi connectivity index (χ4n) is 2.36. The molecule has 0 amide bonds. The minimum absolute atomic E-state index is 0.238. The summed E-state index contributed by atoms with van der Waals surface area (Å²) < 4.78 is 3.14. The molecule has 2 aromatic carbocycles. The number of aryl methyl sites for hydroxylation is 1. The lowest BCUT2D eigenvalue weighted by molar-refractivity contribution is 0.0697. The van der Waals surface area contributed by atoms with Crippen molar-refractivity contribution in [2.45, 2.75) is 21.3 Å². The lowest BCUT2D eigenvalue weighted by Gasteiger charge is -2.06. The number of carbonyl (C=O) groups is 1. The molecule has 4 aromatic rings. The number of aromatic nitrogens is 5. The number of carboxylic acids is 1. The molecule has 0 atom stereocenters. The largest absolute Gasteiger partial charge is 0.478 e. The molecule has 0 bridgehead atoms. The molecule has 2 aromatic heterocycles. The van der Waals surface area contributed by atoms with Gasteiger partial charge in [0.2, 0.25) is 5.16 Å². The number of fused-ring (bicyclic) bond motifs is 1. The summed E-state index contributed by atoms with van der Waals surface area (Å²) in [4.78, 5) is 16.4. The van der Waals surface area contributed by atoms with E-state index in [1.807, 2.05) is 25.1 Å². The molecule has 10 heteroatoms. The highest BCUT2D eigenvalue weighted by Crippen LogP contribution is 2.35. The molecule has 0 saturated heterocycles. The second-order valence-corrected chi connectivity index (χ2v) is 8.16. The van der Waals surface area contributed by atoms with E-state index in [2.05, 4.69) is 33.1 Å². The molecular formula is C16H11N5O2S3. The van der Waals surface area contributed by atoms with Crippen molar-refractivity contribution >= 4 is 51.9 Å². The molecule has 2 heterocycles. The summed E-state index contributed by atoms with van der Waals surface area (Å²) in [6, 6.07) is 10.7. The second-order valence-electron chi connectivity index (χ2n) is 5.43. The van der Waals surface area contributed by atoms with Gasteiger partial charge in [-0.05, 0) is 65.0 Å². The molecule has 0 aliphatic heterocycles. The van der Waals surface area contributed by atoms with Crippen LogP contribution in [0, 0.1) is 6.92 Å². The van der Waals surface area contributed by atoms with Crippen molar-refractivity contribution in [1.82, 2.24) is 25.2 Å². The molecule has 0 fully saturated rings. The van der Waals surface area contributed by atoms with Gasteiger partial charge in [-0.1, -0.05) is 6.07 Å². The summed E-state index contributed by atoms with van der Waals surface area (Å²) in [5.41, 5.74) is 2.86. The first-order valence-electron chi connectivity index (χ1n) is 7.41. The van der Waals surface area contributed by atoms with Crippen molar-refractivity contribution in [3.8, 4) is 5.69 Å². The van der Waals surface area contributed by atoms with E-state index in [9.17, 15) is 4.79 Å². The number of thiazole rings is 1. The van der Waals surface area contributed by atoms with E-state index < -0.39 is 5.97 Å². The van der Waals surface area contributed by atoms with Crippen LogP contribution in [-0.4, -0.2) is 36.3 Å². The Hall–Kier alpha value is -2.43. The van der Waals surface area contributed by atoms with Crippen molar-refractivity contribution in [2.24, 2.45) is 0 Å². The van der Waals surface area contributed by atoms with Crippen LogP contribution in [0.4, 0.5) is 0 Å². The maximum atomic E-state index is 11.1. The van der Waals surface area contributed by atoms with Gasteiger partial charge in [-0.25, -0.2) is 9.78 Å². The lowest BCUT2D eigenvalue weighted by Crippen LogP contribution is -2.00. The smallest absolute Gasteiger partial charge is 0.335 e. The van der Waals surface area contributed by atoms with Gasteiger partial charge in [0.15, 0.2) is 4.34 Å². The van der Waals surface area contributed by atoms with Crippen LogP contribution in [0.2, 0.25) is 0 Å². The first-order valence-corrected chi connectivity index (χ1v) is 9.49. The summed E-state index contributed by atoms with van der Waals surface area (Å²) in [6.45, 7) is 1.99. The number of hydrogen-bond acceptors (Lipinski definition) is 8. The zero-order valence-electron chi connectivity index (χ0n) is 13.3. The highest BCUT2D eigenvalue weighted by molar-refractivity contribution is 8.01. The molecule has 0 aliphatic carbocycles. The maximum Gasteiger partial charge on any atom is 0.335 e. The average molecular weight is 401 g/mol. The lowest BCUT2D eigenvalue weighted by atomic mass is 10.2. The molecule has 1 N–H and O–H groups in total. The van der Waals surface area contributed by atoms with Crippen molar-refractivity contribution in [2.75, 3.05) is 0 Å². The van der Waals surface area contributed by atoms with Crippen LogP contribution in [0.15, 0.2) is 50.8 Å². The van der Waals surface area contributed by atoms with Crippen molar-refractivity contribution in [3.05, 3.63) is 47.5 Å². The SMILES string of the molecule is Cc1ccc(-n2nnnc2Sc2nc3ccc(C(=O)O)cc3s2)c(S)c1. The Bertz CT molecular complexity index is 1140. The van der Waals surface area contributed by atoms with E-state index in [1.165, 1.54) is 23.1 Å². The van der Waals surface area contributed by atoms with Gasteiger partial charge in [-0.2, -0.15) is 4.68 Å². The van der Waals surface area contributed by atoms with Gasteiger partial charge in [0.25, 0.3) is 0 Å². The molecule has 0 saturated carbocycles. The third-order valence-corrected chi connectivity index (χ3v) is 5.97. The van der Waals surface area contributed by atoms with E-state index in [1.54, 1.807) is 22.9 Å². The van der Waals surface area contributed by atoms with Crippen molar-refractivity contribution < 1.29 is 9.90 Å². The first kappa shape index (κ1) is 17.0. The Kier molecular flexibility index (Phi) is 4.39. The number of carboxylic acid groups (broad SMARTS) is 1. The van der Waals surface area contributed by atoms with E-state index in [0.717, 1.165) is 30.7 Å². The van der Waals surface area contributed by atoms with Gasteiger partial charge in [-0.3, -0.25) is 0 Å². The molecule has 130 valence electrons. The normalized spacial score (nSPS) is 11.2. The summed E-state index contributed by atoms with van der Waals surface area (Å²) in [5, 5.41) is 21.5. The number of tetrazole rings is 1. The standard InChI is InChI=1S/C16H11N5O2S3/c1-8-2-5-11(12(24)6-8)21-15(18-19-20-21)26-16-17-10-4-3-9(14(22)23)7-13(10)25-16/h2-7,24H,1H3,(H,22,23). The average Bonchev–Trinajstić information content (AvgIpc) is 3.20. The Morgan fingerprint density at radius 2 is 2.12 bits per heavy atom. The highest BCUT2D eigenvalue weighted by Gasteiger charge is 2.15. The molecule has 0 aliphatic rings. The van der Waals surface area contributed by atoms with Crippen LogP contribution in [-0.2, 0) is 0 Å². The summed E-state index contributed by atoms with van der Waals surface area (Å²) in [7, 11) is 0. The molecule has 0 unspecified atom stereocenters. The fourth-order valence-corrected chi connectivity index (χ4v) is 4.73. The van der Waals surface area contributed by atoms with E-state index in [0.29, 0.717) is 5.16 Å². The van der Waals surface area contributed by atoms with Crippen LogP contribution in [0.25, 0.3) is 15.9 Å². The maximum absolute atomic E-state index is 11.1. The van der Waals surface area contributed by atoms with Crippen LogP contribution in [0.1, 0.15) is 15.9 Å². The predicted octanol–water partition coefficient (Wildman–Crippen LogP) is 3.72. The number of hydrogen-bond donors (Lipinski definition) is 2. The van der Waals surface area contributed by atoms with E-state index >= 15 is 0 Å². The van der Waals surface area contributed by atoms with Crippen LogP contribution in [0.5, 0.6) is 0 Å². The fraction of sp³-hybridized carbons (Fsp3) is 0.0625. The van der Waals surface area contributed by atoms with Gasteiger partial charge in [0, 0.05) is 4.90 Å². The zero-order chi connectivity index (χ0) is 18.3. The van der Waals surface area contributed by atoms with Gasteiger partial charge in [0.05, 0.1) is 21.5 Å². The third kappa shape index (κ3) is 3.18. The van der Waals surface area contributed by atoms with Gasteiger partial charge in [-0.15, -0.1) is 29.1 Å². The minimum atomic E-state index is -0.959. The second kappa shape index (κ2) is 6.71. The summed E-state index contributed by atoms with van der Waals surface area (Å²) >= 11 is 7.22. The predicted molar refractivity (Wildman–Crippen MR) is 102 cm³/mol. The van der Waals surface area contributed by atoms with Crippen LogP contribution >= 0.6 is 35.7 Å². The van der Waals surface area contributed by atoms with Gasteiger partial charge < -0.3 is 5.11 Å². The van der Waals surface area contributed by atoms with Gasteiger partial charge in [0.1, 0.15) is 0 Å². The highest BCUT2D eigenvalue weighted by atomic mass is 32.2. The van der Waals surface area contributed by atoms with E-state index in [-0.39, 0.29) is 5.56 Å². The summed E-state index contributed by atoms with van der Waals surface area (Å²) in [5.74, 6) is -0.959. The van der Waals surface area contributed by atoms with Crippen molar-refractivity contribution in [3.63, 3.8) is 0 Å². The third-order valence-electron chi connectivity index (χ3n) is 3.59. The first-order chi connectivity index (χ1) is 12.5. The molecule has 26 heavy (non-hydrogen) atoms. The number of aromatic carboxylic acids is 1. The monoisotopic (exact) mass is 401 g/mol.